The van der Waals surface area contributed by atoms with Crippen LogP contribution in [0.5, 0.6) is 0 Å². The van der Waals surface area contributed by atoms with Crippen LogP contribution in [0.25, 0.3) is 0 Å². The van der Waals surface area contributed by atoms with E-state index in [1.165, 1.54) is 11.0 Å². The molecule has 0 aliphatic carbocycles. The Morgan fingerprint density at radius 3 is 2.89 bits per heavy atom. The number of aliphatic hydroxyl groups excluding tert-OH is 1. The molecule has 104 valence electrons. The van der Waals surface area contributed by atoms with Crippen LogP contribution in [0.3, 0.4) is 0 Å². The number of halogens is 1. The number of benzene rings is 1. The number of hydrogen-bond donors (Lipinski definition) is 1. The Labute approximate surface area is 112 Å². The van der Waals surface area contributed by atoms with Gasteiger partial charge in [-0.3, -0.25) is 9.69 Å². The molecule has 1 aromatic carbocycles. The van der Waals surface area contributed by atoms with E-state index in [0.29, 0.717) is 18.8 Å². The van der Waals surface area contributed by atoms with E-state index in [-0.39, 0.29) is 24.4 Å². The number of carbonyl (C=O) groups is 1. The van der Waals surface area contributed by atoms with Crippen LogP contribution in [0.4, 0.5) is 10.1 Å². The molecule has 1 aliphatic heterocycles. The highest BCUT2D eigenvalue weighted by atomic mass is 19.1. The summed E-state index contributed by atoms with van der Waals surface area (Å²) in [5.74, 6) is -0.464. The minimum absolute atomic E-state index is 0.0139. The third-order valence-electron chi connectivity index (χ3n) is 3.54. The molecule has 5 heteroatoms. The lowest BCUT2D eigenvalue weighted by Crippen LogP contribution is -2.52. The van der Waals surface area contributed by atoms with E-state index in [2.05, 4.69) is 0 Å². The van der Waals surface area contributed by atoms with Gasteiger partial charge in [0.25, 0.3) is 0 Å². The molecular weight excluding hydrogens is 247 g/mol. The number of anilines is 1. The van der Waals surface area contributed by atoms with Crippen molar-refractivity contribution in [3.8, 4) is 0 Å². The normalized spacial score (nSPS) is 20.1. The van der Waals surface area contributed by atoms with Gasteiger partial charge in [0.15, 0.2) is 0 Å². The molecule has 1 aliphatic rings. The van der Waals surface area contributed by atoms with Crippen LogP contribution in [-0.4, -0.2) is 48.7 Å². The van der Waals surface area contributed by atoms with Gasteiger partial charge in [-0.1, -0.05) is 12.1 Å². The summed E-state index contributed by atoms with van der Waals surface area (Å²) in [6.45, 7) is 1.00. The van der Waals surface area contributed by atoms with Gasteiger partial charge >= 0.3 is 0 Å². The maximum absolute atomic E-state index is 13.8. The van der Waals surface area contributed by atoms with Gasteiger partial charge in [-0.15, -0.1) is 0 Å². The maximum atomic E-state index is 13.8. The predicted octanol–water partition coefficient (Wildman–Crippen LogP) is 1.25. The average molecular weight is 266 g/mol. The summed E-state index contributed by atoms with van der Waals surface area (Å²) in [6.07, 6.45) is 1.58. The molecule has 1 saturated heterocycles. The number of likely N-dealkylation sites (N-methyl/N-ethyl adjacent to an activating group) is 1. The number of carbonyl (C=O) groups excluding carboxylic acids is 1. The highest BCUT2D eigenvalue weighted by Gasteiger charge is 2.33. The predicted molar refractivity (Wildman–Crippen MR) is 71.5 cm³/mol. The van der Waals surface area contributed by atoms with Crippen LogP contribution in [0, 0.1) is 5.82 Å². The fraction of sp³-hybridized carbons (Fsp3) is 0.500. The van der Waals surface area contributed by atoms with E-state index in [1.807, 2.05) is 11.9 Å². The number of nitrogens with zero attached hydrogens (tertiary/aromatic N) is 2. The Bertz CT molecular complexity index is 453. The van der Waals surface area contributed by atoms with Crippen molar-refractivity contribution >= 4 is 11.6 Å². The average Bonchev–Trinajstić information content (AvgIpc) is 2.40. The fourth-order valence-corrected chi connectivity index (χ4v) is 2.49. The number of hydrogen-bond acceptors (Lipinski definition) is 3. The van der Waals surface area contributed by atoms with E-state index in [1.54, 1.807) is 18.2 Å². The zero-order valence-corrected chi connectivity index (χ0v) is 11.1. The van der Waals surface area contributed by atoms with Gasteiger partial charge in [-0.2, -0.15) is 0 Å². The zero-order chi connectivity index (χ0) is 13.8. The lowest BCUT2D eigenvalue weighted by molar-refractivity contribution is -0.125. The molecule has 0 radical (unpaired) electrons. The molecule has 2 rings (SSSR count). The van der Waals surface area contributed by atoms with Crippen molar-refractivity contribution in [2.75, 3.05) is 31.6 Å². The van der Waals surface area contributed by atoms with Crippen molar-refractivity contribution in [2.24, 2.45) is 0 Å². The lowest BCUT2D eigenvalue weighted by atomic mass is 10.0. The van der Waals surface area contributed by atoms with Crippen molar-refractivity contribution < 1.29 is 14.3 Å². The van der Waals surface area contributed by atoms with Gasteiger partial charge in [-0.05, 0) is 32.0 Å². The largest absolute Gasteiger partial charge is 0.395 e. The van der Waals surface area contributed by atoms with Crippen LogP contribution in [0.15, 0.2) is 24.3 Å². The number of para-hydroxylation sites is 1. The van der Waals surface area contributed by atoms with E-state index in [4.69, 9.17) is 5.11 Å². The Morgan fingerprint density at radius 2 is 2.21 bits per heavy atom. The third-order valence-corrected chi connectivity index (χ3v) is 3.54. The van der Waals surface area contributed by atoms with Crippen molar-refractivity contribution in [1.82, 2.24) is 4.90 Å². The van der Waals surface area contributed by atoms with Crippen molar-refractivity contribution in [3.63, 3.8) is 0 Å². The standard InChI is InChI=1S/C14H19FN2O2/c1-16(9-10-18)13-7-4-8-17(14(13)19)12-6-3-2-5-11(12)15/h2-3,5-6,13,18H,4,7-10H2,1H3. The van der Waals surface area contributed by atoms with Gasteiger partial charge in [-0.25, -0.2) is 4.39 Å². The second-order valence-corrected chi connectivity index (χ2v) is 4.80. The first kappa shape index (κ1) is 14.0. The topological polar surface area (TPSA) is 43.8 Å². The van der Waals surface area contributed by atoms with Crippen molar-refractivity contribution in [1.29, 1.82) is 0 Å². The molecule has 1 amide bonds. The Morgan fingerprint density at radius 1 is 1.47 bits per heavy atom. The van der Waals surface area contributed by atoms with Gasteiger partial charge in [0.2, 0.25) is 5.91 Å². The molecule has 1 N–H and O–H groups in total. The van der Waals surface area contributed by atoms with E-state index in [0.717, 1.165) is 12.8 Å². The van der Waals surface area contributed by atoms with E-state index >= 15 is 0 Å². The highest BCUT2D eigenvalue weighted by Crippen LogP contribution is 2.25. The van der Waals surface area contributed by atoms with Crippen molar-refractivity contribution in [2.45, 2.75) is 18.9 Å². The lowest BCUT2D eigenvalue weighted by Gasteiger charge is -2.36. The Kier molecular flexibility index (Phi) is 4.50. The molecular formula is C14H19FN2O2. The molecule has 4 nitrogen and oxygen atoms in total. The number of piperidine rings is 1. The first-order valence-electron chi connectivity index (χ1n) is 6.52. The highest BCUT2D eigenvalue weighted by molar-refractivity contribution is 5.98. The summed E-state index contributed by atoms with van der Waals surface area (Å²) in [5, 5.41) is 8.95. The molecule has 1 aromatic rings. The van der Waals surface area contributed by atoms with Crippen LogP contribution >= 0.6 is 0 Å². The Hall–Kier alpha value is -1.46. The molecule has 1 heterocycles. The quantitative estimate of drug-likeness (QED) is 0.892. The van der Waals surface area contributed by atoms with Crippen LogP contribution in [0.2, 0.25) is 0 Å². The summed E-state index contributed by atoms with van der Waals surface area (Å²) in [4.78, 5) is 15.8. The second kappa shape index (κ2) is 6.12. The molecule has 0 saturated carbocycles. The summed E-state index contributed by atoms with van der Waals surface area (Å²) in [7, 11) is 1.81. The summed E-state index contributed by atoms with van der Waals surface area (Å²) < 4.78 is 13.8. The van der Waals surface area contributed by atoms with Gasteiger partial charge in [0, 0.05) is 13.1 Å². The summed E-state index contributed by atoms with van der Waals surface area (Å²) in [5.41, 5.74) is 0.342. The zero-order valence-electron chi connectivity index (χ0n) is 11.1. The van der Waals surface area contributed by atoms with E-state index in [9.17, 15) is 9.18 Å². The fourth-order valence-electron chi connectivity index (χ4n) is 2.49. The molecule has 0 bridgehead atoms. The molecule has 0 spiro atoms. The van der Waals surface area contributed by atoms with Crippen LogP contribution in [0.1, 0.15) is 12.8 Å². The number of rotatable bonds is 4. The molecule has 19 heavy (non-hydrogen) atoms. The Balaban J connectivity index is 2.19. The third kappa shape index (κ3) is 2.93. The number of aliphatic hydroxyl groups is 1. The van der Waals surface area contributed by atoms with Gasteiger partial charge < -0.3 is 10.0 Å². The first-order chi connectivity index (χ1) is 9.15. The molecule has 1 fully saturated rings. The maximum Gasteiger partial charge on any atom is 0.244 e. The van der Waals surface area contributed by atoms with Gasteiger partial charge in [0.1, 0.15) is 5.82 Å². The smallest absolute Gasteiger partial charge is 0.244 e. The number of amides is 1. The summed E-state index contributed by atoms with van der Waals surface area (Å²) >= 11 is 0. The summed E-state index contributed by atoms with van der Waals surface area (Å²) in [6, 6.07) is 6.06. The van der Waals surface area contributed by atoms with Gasteiger partial charge in [0.05, 0.1) is 18.3 Å². The van der Waals surface area contributed by atoms with Crippen LogP contribution < -0.4 is 4.90 Å². The monoisotopic (exact) mass is 266 g/mol. The minimum atomic E-state index is -0.374. The second-order valence-electron chi connectivity index (χ2n) is 4.80. The SMILES string of the molecule is CN(CCO)C1CCCN(c2ccccc2F)C1=O. The van der Waals surface area contributed by atoms with E-state index < -0.39 is 0 Å². The molecule has 1 unspecified atom stereocenters. The molecule has 1 atom stereocenters. The van der Waals surface area contributed by atoms with Crippen molar-refractivity contribution in [3.05, 3.63) is 30.1 Å². The first-order valence-corrected chi connectivity index (χ1v) is 6.52. The van der Waals surface area contributed by atoms with Crippen LogP contribution in [-0.2, 0) is 4.79 Å². The molecule has 0 aromatic heterocycles. The minimum Gasteiger partial charge on any atom is -0.395 e.